The van der Waals surface area contributed by atoms with Crippen LogP contribution in [0.25, 0.3) is 0 Å². The molecule has 4 heteroatoms. The molecule has 0 radical (unpaired) electrons. The van der Waals surface area contributed by atoms with Crippen molar-refractivity contribution in [3.63, 3.8) is 0 Å². The number of rotatable bonds is 4. The Kier molecular flexibility index (Phi) is 5.14. The molecular weight excluding hydrogens is 300 g/mol. The standard InChI is InChI=1S/C20H24N2O2/c1-15-13-17(7-10-21-15)14-16-8-11-22(12-9-16)20(23)18-5-3-4-6-19(18)24-2/h3-7,10,13,16H,8-9,11-12,14H2,1-2H3. The third-order valence-corrected chi connectivity index (χ3v) is 4.72. The van der Waals surface area contributed by atoms with Crippen LogP contribution in [-0.4, -0.2) is 36.0 Å². The van der Waals surface area contributed by atoms with Crippen LogP contribution in [0.15, 0.2) is 42.6 Å². The minimum absolute atomic E-state index is 0.0747. The predicted molar refractivity (Wildman–Crippen MR) is 94.3 cm³/mol. The van der Waals surface area contributed by atoms with Gasteiger partial charge < -0.3 is 9.64 Å². The molecule has 1 aliphatic heterocycles. The van der Waals surface area contributed by atoms with Gasteiger partial charge in [0.05, 0.1) is 12.7 Å². The van der Waals surface area contributed by atoms with E-state index in [9.17, 15) is 4.79 Å². The predicted octanol–water partition coefficient (Wildman–Crippen LogP) is 3.49. The van der Waals surface area contributed by atoms with Crippen molar-refractivity contribution in [3.05, 3.63) is 59.4 Å². The summed E-state index contributed by atoms with van der Waals surface area (Å²) < 4.78 is 5.32. The van der Waals surface area contributed by atoms with Crippen LogP contribution in [0.3, 0.4) is 0 Å². The topological polar surface area (TPSA) is 42.4 Å². The zero-order valence-electron chi connectivity index (χ0n) is 14.4. The molecule has 0 unspecified atom stereocenters. The number of carbonyl (C=O) groups is 1. The van der Waals surface area contributed by atoms with E-state index in [2.05, 4.69) is 17.1 Å². The molecule has 126 valence electrons. The third kappa shape index (κ3) is 3.75. The second-order valence-corrected chi connectivity index (χ2v) is 6.45. The lowest BCUT2D eigenvalue weighted by Crippen LogP contribution is -2.39. The molecule has 1 saturated heterocycles. The summed E-state index contributed by atoms with van der Waals surface area (Å²) in [7, 11) is 1.61. The van der Waals surface area contributed by atoms with Crippen molar-refractivity contribution in [3.8, 4) is 5.75 Å². The van der Waals surface area contributed by atoms with E-state index in [-0.39, 0.29) is 5.91 Å². The van der Waals surface area contributed by atoms with Crippen LogP contribution in [0.5, 0.6) is 5.75 Å². The molecule has 0 N–H and O–H groups in total. The fraction of sp³-hybridized carbons (Fsp3) is 0.400. The molecule has 1 fully saturated rings. The van der Waals surface area contributed by atoms with Crippen molar-refractivity contribution in [2.24, 2.45) is 5.92 Å². The lowest BCUT2D eigenvalue weighted by atomic mass is 9.90. The van der Waals surface area contributed by atoms with Crippen molar-refractivity contribution in [2.75, 3.05) is 20.2 Å². The zero-order chi connectivity index (χ0) is 16.9. The summed E-state index contributed by atoms with van der Waals surface area (Å²) in [4.78, 5) is 18.9. The summed E-state index contributed by atoms with van der Waals surface area (Å²) in [5, 5.41) is 0. The molecule has 0 atom stereocenters. The van der Waals surface area contributed by atoms with Crippen LogP contribution in [0.4, 0.5) is 0 Å². The minimum Gasteiger partial charge on any atom is -0.496 e. The monoisotopic (exact) mass is 324 g/mol. The zero-order valence-corrected chi connectivity index (χ0v) is 14.4. The van der Waals surface area contributed by atoms with Gasteiger partial charge in [0, 0.05) is 25.0 Å². The summed E-state index contributed by atoms with van der Waals surface area (Å²) in [5.74, 6) is 1.36. The number of hydrogen-bond donors (Lipinski definition) is 0. The average Bonchev–Trinajstić information content (AvgIpc) is 2.62. The second kappa shape index (κ2) is 7.47. The first kappa shape index (κ1) is 16.5. The lowest BCUT2D eigenvalue weighted by molar-refractivity contribution is 0.0687. The Labute approximate surface area is 143 Å². The summed E-state index contributed by atoms with van der Waals surface area (Å²) in [6.07, 6.45) is 5.04. The fourth-order valence-corrected chi connectivity index (χ4v) is 3.40. The van der Waals surface area contributed by atoms with Gasteiger partial charge in [-0.25, -0.2) is 0 Å². The number of para-hydroxylation sites is 1. The van der Waals surface area contributed by atoms with Gasteiger partial charge in [-0.2, -0.15) is 0 Å². The molecule has 2 heterocycles. The lowest BCUT2D eigenvalue weighted by Gasteiger charge is -2.32. The number of pyridine rings is 1. The number of likely N-dealkylation sites (tertiary alicyclic amines) is 1. The molecule has 1 aromatic heterocycles. The third-order valence-electron chi connectivity index (χ3n) is 4.72. The molecule has 1 aliphatic rings. The van der Waals surface area contributed by atoms with Gasteiger partial charge in [0.2, 0.25) is 0 Å². The molecule has 1 amide bonds. The van der Waals surface area contributed by atoms with Gasteiger partial charge in [-0.05, 0) is 61.9 Å². The van der Waals surface area contributed by atoms with E-state index in [1.807, 2.05) is 42.3 Å². The molecule has 1 aromatic carbocycles. The minimum atomic E-state index is 0.0747. The Hall–Kier alpha value is -2.36. The molecule has 3 rings (SSSR count). The number of aryl methyl sites for hydroxylation is 1. The molecule has 0 bridgehead atoms. The maximum atomic E-state index is 12.7. The highest BCUT2D eigenvalue weighted by Gasteiger charge is 2.25. The van der Waals surface area contributed by atoms with E-state index in [1.165, 1.54) is 5.56 Å². The summed E-state index contributed by atoms with van der Waals surface area (Å²) in [5.41, 5.74) is 3.07. The average molecular weight is 324 g/mol. The molecular formula is C20H24N2O2. The first-order valence-corrected chi connectivity index (χ1v) is 8.51. The Balaban J connectivity index is 1.59. The quantitative estimate of drug-likeness (QED) is 0.864. The van der Waals surface area contributed by atoms with Crippen molar-refractivity contribution >= 4 is 5.91 Å². The largest absolute Gasteiger partial charge is 0.496 e. The highest BCUT2D eigenvalue weighted by molar-refractivity contribution is 5.97. The van der Waals surface area contributed by atoms with Crippen molar-refractivity contribution in [1.82, 2.24) is 9.88 Å². The van der Waals surface area contributed by atoms with Crippen LogP contribution in [-0.2, 0) is 6.42 Å². The van der Waals surface area contributed by atoms with Crippen molar-refractivity contribution < 1.29 is 9.53 Å². The smallest absolute Gasteiger partial charge is 0.257 e. The second-order valence-electron chi connectivity index (χ2n) is 6.45. The molecule has 0 saturated carbocycles. The van der Waals surface area contributed by atoms with Gasteiger partial charge in [0.15, 0.2) is 0 Å². The van der Waals surface area contributed by atoms with Crippen molar-refractivity contribution in [2.45, 2.75) is 26.2 Å². The number of methoxy groups -OCH3 is 1. The molecule has 2 aromatic rings. The van der Waals surface area contributed by atoms with Gasteiger partial charge in [-0.1, -0.05) is 12.1 Å². The fourth-order valence-electron chi connectivity index (χ4n) is 3.40. The van der Waals surface area contributed by atoms with Crippen LogP contribution < -0.4 is 4.74 Å². The Bertz CT molecular complexity index is 706. The summed E-state index contributed by atoms with van der Waals surface area (Å²) in [6, 6.07) is 11.7. The Morgan fingerprint density at radius 1 is 1.25 bits per heavy atom. The Morgan fingerprint density at radius 3 is 2.71 bits per heavy atom. The first-order valence-electron chi connectivity index (χ1n) is 8.51. The highest BCUT2D eigenvalue weighted by Crippen LogP contribution is 2.25. The number of aromatic nitrogens is 1. The van der Waals surface area contributed by atoms with Crippen LogP contribution >= 0.6 is 0 Å². The van der Waals surface area contributed by atoms with Gasteiger partial charge in [0.1, 0.15) is 5.75 Å². The number of hydrogen-bond acceptors (Lipinski definition) is 3. The molecule has 24 heavy (non-hydrogen) atoms. The van der Waals surface area contributed by atoms with E-state index in [0.29, 0.717) is 17.2 Å². The number of piperidine rings is 1. The summed E-state index contributed by atoms with van der Waals surface area (Å²) >= 11 is 0. The number of nitrogens with zero attached hydrogens (tertiary/aromatic N) is 2. The number of carbonyl (C=O) groups excluding carboxylic acids is 1. The van der Waals surface area contributed by atoms with Gasteiger partial charge in [-0.3, -0.25) is 9.78 Å². The van der Waals surface area contributed by atoms with Gasteiger partial charge in [0.25, 0.3) is 5.91 Å². The van der Waals surface area contributed by atoms with Crippen LogP contribution in [0.2, 0.25) is 0 Å². The first-order chi connectivity index (χ1) is 11.7. The number of ether oxygens (including phenoxy) is 1. The number of benzene rings is 1. The number of amides is 1. The van der Waals surface area contributed by atoms with E-state index >= 15 is 0 Å². The highest BCUT2D eigenvalue weighted by atomic mass is 16.5. The van der Waals surface area contributed by atoms with Crippen LogP contribution in [0, 0.1) is 12.8 Å². The van der Waals surface area contributed by atoms with Crippen molar-refractivity contribution in [1.29, 1.82) is 0 Å². The van der Waals surface area contributed by atoms with E-state index in [0.717, 1.165) is 38.0 Å². The van der Waals surface area contributed by atoms with E-state index in [4.69, 9.17) is 4.74 Å². The van der Waals surface area contributed by atoms with E-state index in [1.54, 1.807) is 7.11 Å². The van der Waals surface area contributed by atoms with Gasteiger partial charge >= 0.3 is 0 Å². The Morgan fingerprint density at radius 2 is 2.00 bits per heavy atom. The molecule has 0 aliphatic carbocycles. The molecule has 0 spiro atoms. The normalized spacial score (nSPS) is 15.3. The maximum absolute atomic E-state index is 12.7. The molecule has 4 nitrogen and oxygen atoms in total. The summed E-state index contributed by atoms with van der Waals surface area (Å²) in [6.45, 7) is 3.65. The SMILES string of the molecule is COc1ccccc1C(=O)N1CCC(Cc2ccnc(C)c2)CC1. The maximum Gasteiger partial charge on any atom is 0.257 e. The van der Waals surface area contributed by atoms with Crippen LogP contribution in [0.1, 0.15) is 34.5 Å². The van der Waals surface area contributed by atoms with Gasteiger partial charge in [-0.15, -0.1) is 0 Å². The van der Waals surface area contributed by atoms with E-state index < -0.39 is 0 Å².